The van der Waals surface area contributed by atoms with Crippen LogP contribution >= 0.6 is 0 Å². The molecule has 120 valence electrons. The molecule has 0 saturated heterocycles. The van der Waals surface area contributed by atoms with Gasteiger partial charge in [0.05, 0.1) is 5.56 Å². The third kappa shape index (κ3) is 3.60. The third-order valence-corrected chi connectivity index (χ3v) is 3.54. The van der Waals surface area contributed by atoms with E-state index in [2.05, 4.69) is 5.32 Å². The van der Waals surface area contributed by atoms with Crippen LogP contribution in [0.1, 0.15) is 15.9 Å². The van der Waals surface area contributed by atoms with Crippen molar-refractivity contribution >= 4 is 11.6 Å². The van der Waals surface area contributed by atoms with Crippen LogP contribution < -0.4 is 10.1 Å². The molecule has 1 N–H and O–H groups in total. The van der Waals surface area contributed by atoms with Crippen molar-refractivity contribution in [3.63, 3.8) is 0 Å². The van der Waals surface area contributed by atoms with Gasteiger partial charge in [0.2, 0.25) is 0 Å². The fourth-order valence-corrected chi connectivity index (χ4v) is 2.32. The Morgan fingerprint density at radius 1 is 0.958 bits per heavy atom. The van der Waals surface area contributed by atoms with E-state index in [4.69, 9.17) is 4.74 Å². The van der Waals surface area contributed by atoms with E-state index >= 15 is 0 Å². The predicted molar refractivity (Wildman–Crippen MR) is 92.0 cm³/mol. The van der Waals surface area contributed by atoms with Gasteiger partial charge in [0, 0.05) is 5.69 Å². The van der Waals surface area contributed by atoms with Gasteiger partial charge in [0.1, 0.15) is 17.3 Å². The summed E-state index contributed by atoms with van der Waals surface area (Å²) in [6.07, 6.45) is 0. The summed E-state index contributed by atoms with van der Waals surface area (Å²) < 4.78 is 19.0. The van der Waals surface area contributed by atoms with Gasteiger partial charge in [-0.1, -0.05) is 30.3 Å². The van der Waals surface area contributed by atoms with Crippen LogP contribution in [0, 0.1) is 12.7 Å². The van der Waals surface area contributed by atoms with Crippen LogP contribution in [0.25, 0.3) is 0 Å². The largest absolute Gasteiger partial charge is 0.457 e. The number of aryl methyl sites for hydroxylation is 1. The van der Waals surface area contributed by atoms with Crippen LogP contribution in [0.15, 0.2) is 72.8 Å². The second kappa shape index (κ2) is 6.96. The Labute approximate surface area is 139 Å². The van der Waals surface area contributed by atoms with E-state index in [-0.39, 0.29) is 11.7 Å². The average molecular weight is 321 g/mol. The minimum atomic E-state index is -0.335. The van der Waals surface area contributed by atoms with Crippen molar-refractivity contribution in [2.45, 2.75) is 6.92 Å². The molecule has 3 aromatic rings. The summed E-state index contributed by atoms with van der Waals surface area (Å²) in [5, 5.41) is 2.79. The Balaban J connectivity index is 1.85. The molecule has 24 heavy (non-hydrogen) atoms. The highest BCUT2D eigenvalue weighted by atomic mass is 19.1. The van der Waals surface area contributed by atoms with Crippen LogP contribution in [-0.4, -0.2) is 5.91 Å². The molecule has 3 nitrogen and oxygen atoms in total. The van der Waals surface area contributed by atoms with E-state index in [0.717, 1.165) is 0 Å². The number of para-hydroxylation sites is 2. The van der Waals surface area contributed by atoms with E-state index in [9.17, 15) is 9.18 Å². The number of hydrogen-bond acceptors (Lipinski definition) is 2. The lowest BCUT2D eigenvalue weighted by molar-refractivity contribution is 0.102. The van der Waals surface area contributed by atoms with Crippen molar-refractivity contribution in [3.8, 4) is 11.5 Å². The number of carbonyl (C=O) groups is 1. The van der Waals surface area contributed by atoms with Crippen molar-refractivity contribution in [3.05, 3.63) is 89.7 Å². The molecule has 0 unspecified atom stereocenters. The van der Waals surface area contributed by atoms with Crippen LogP contribution in [-0.2, 0) is 0 Å². The average Bonchev–Trinajstić information content (AvgIpc) is 2.59. The summed E-state index contributed by atoms with van der Waals surface area (Å²) in [6.45, 7) is 1.74. The quantitative estimate of drug-likeness (QED) is 0.719. The minimum Gasteiger partial charge on any atom is -0.457 e. The Kier molecular flexibility index (Phi) is 4.57. The molecule has 0 aliphatic heterocycles. The lowest BCUT2D eigenvalue weighted by Crippen LogP contribution is -2.13. The molecule has 0 bridgehead atoms. The van der Waals surface area contributed by atoms with Crippen LogP contribution in [0.5, 0.6) is 11.5 Å². The molecule has 3 aromatic carbocycles. The third-order valence-electron chi connectivity index (χ3n) is 3.54. The van der Waals surface area contributed by atoms with E-state index in [1.807, 2.05) is 30.3 Å². The van der Waals surface area contributed by atoms with E-state index < -0.39 is 0 Å². The molecule has 0 spiro atoms. The molecule has 0 atom stereocenters. The second-order valence-corrected chi connectivity index (χ2v) is 5.32. The van der Waals surface area contributed by atoms with Crippen molar-refractivity contribution in [1.82, 2.24) is 0 Å². The zero-order valence-corrected chi connectivity index (χ0v) is 13.1. The molecule has 0 radical (unpaired) electrons. The number of anilines is 1. The minimum absolute atomic E-state index is 0.309. The standard InChI is InChI=1S/C20H16FNO2/c1-14-13-15(21)11-12-18(14)22-20(23)17-9-5-6-10-19(17)24-16-7-3-2-4-8-16/h2-13H,1H3,(H,22,23). The number of halogens is 1. The van der Waals surface area contributed by atoms with E-state index in [1.54, 1.807) is 37.3 Å². The first kappa shape index (κ1) is 15.7. The Hall–Kier alpha value is -3.14. The Morgan fingerprint density at radius 3 is 2.42 bits per heavy atom. The van der Waals surface area contributed by atoms with Crippen LogP contribution in [0.2, 0.25) is 0 Å². The van der Waals surface area contributed by atoms with Gasteiger partial charge < -0.3 is 10.1 Å². The first-order valence-corrected chi connectivity index (χ1v) is 7.53. The van der Waals surface area contributed by atoms with E-state index in [0.29, 0.717) is 28.3 Å². The van der Waals surface area contributed by atoms with Gasteiger partial charge >= 0.3 is 0 Å². The molecular formula is C20H16FNO2. The van der Waals surface area contributed by atoms with Crippen molar-refractivity contribution in [1.29, 1.82) is 0 Å². The number of carbonyl (C=O) groups excluding carboxylic acids is 1. The summed E-state index contributed by atoms with van der Waals surface area (Å²) in [7, 11) is 0. The van der Waals surface area contributed by atoms with Crippen LogP contribution in [0.4, 0.5) is 10.1 Å². The van der Waals surface area contributed by atoms with Gasteiger partial charge in [0.25, 0.3) is 5.91 Å². The Bertz CT molecular complexity index is 863. The Morgan fingerprint density at radius 2 is 1.67 bits per heavy atom. The summed E-state index contributed by atoms with van der Waals surface area (Å²) in [6, 6.07) is 20.5. The molecule has 0 fully saturated rings. The highest BCUT2D eigenvalue weighted by Gasteiger charge is 2.14. The SMILES string of the molecule is Cc1cc(F)ccc1NC(=O)c1ccccc1Oc1ccccc1. The number of nitrogens with one attached hydrogen (secondary N) is 1. The molecule has 4 heteroatoms. The van der Waals surface area contributed by atoms with Crippen molar-refractivity contribution in [2.24, 2.45) is 0 Å². The van der Waals surface area contributed by atoms with Gasteiger partial charge in [-0.2, -0.15) is 0 Å². The van der Waals surface area contributed by atoms with Crippen LogP contribution in [0.3, 0.4) is 0 Å². The number of amides is 1. The van der Waals surface area contributed by atoms with E-state index in [1.165, 1.54) is 12.1 Å². The monoisotopic (exact) mass is 321 g/mol. The molecule has 0 heterocycles. The second-order valence-electron chi connectivity index (χ2n) is 5.32. The molecule has 1 amide bonds. The maximum Gasteiger partial charge on any atom is 0.259 e. The number of rotatable bonds is 4. The highest BCUT2D eigenvalue weighted by molar-refractivity contribution is 6.06. The fraction of sp³-hybridized carbons (Fsp3) is 0.0500. The maximum atomic E-state index is 13.2. The lowest BCUT2D eigenvalue weighted by Gasteiger charge is -2.12. The molecule has 0 aliphatic carbocycles. The van der Waals surface area contributed by atoms with Crippen molar-refractivity contribution < 1.29 is 13.9 Å². The fourth-order valence-electron chi connectivity index (χ4n) is 2.32. The molecule has 0 aromatic heterocycles. The zero-order valence-electron chi connectivity index (χ0n) is 13.1. The molecule has 0 aliphatic rings. The topological polar surface area (TPSA) is 38.3 Å². The summed E-state index contributed by atoms with van der Waals surface area (Å²) in [4.78, 5) is 12.6. The van der Waals surface area contributed by atoms with Gasteiger partial charge in [-0.3, -0.25) is 4.79 Å². The number of ether oxygens (including phenoxy) is 1. The number of hydrogen-bond donors (Lipinski definition) is 1. The van der Waals surface area contributed by atoms with Gasteiger partial charge in [0.15, 0.2) is 0 Å². The molecule has 3 rings (SSSR count). The predicted octanol–water partition coefficient (Wildman–Crippen LogP) is 5.18. The summed E-state index contributed by atoms with van der Waals surface area (Å²) >= 11 is 0. The summed E-state index contributed by atoms with van der Waals surface area (Å²) in [5.41, 5.74) is 1.63. The van der Waals surface area contributed by atoms with Crippen molar-refractivity contribution in [2.75, 3.05) is 5.32 Å². The maximum absolute atomic E-state index is 13.2. The van der Waals surface area contributed by atoms with Gasteiger partial charge in [-0.15, -0.1) is 0 Å². The highest BCUT2D eigenvalue weighted by Crippen LogP contribution is 2.26. The first-order valence-electron chi connectivity index (χ1n) is 7.53. The first-order chi connectivity index (χ1) is 11.6. The number of benzene rings is 3. The molecule has 0 saturated carbocycles. The normalized spacial score (nSPS) is 10.2. The van der Waals surface area contributed by atoms with Gasteiger partial charge in [-0.25, -0.2) is 4.39 Å². The lowest BCUT2D eigenvalue weighted by atomic mass is 10.1. The summed E-state index contributed by atoms with van der Waals surface area (Å²) in [5.74, 6) is 0.464. The smallest absolute Gasteiger partial charge is 0.259 e. The molecular weight excluding hydrogens is 305 g/mol. The zero-order chi connectivity index (χ0) is 16.9. The van der Waals surface area contributed by atoms with Gasteiger partial charge in [-0.05, 0) is 55.0 Å².